The second-order valence-electron chi connectivity index (χ2n) is 7.83. The number of hydrogen-bond donors (Lipinski definition) is 2. The second-order valence-corrected chi connectivity index (χ2v) is 8.91. The number of fused-ring (bicyclic) bond motifs is 2. The van der Waals surface area contributed by atoms with E-state index in [1.165, 1.54) is 16.0 Å². The van der Waals surface area contributed by atoms with Gasteiger partial charge in [0.1, 0.15) is 11.6 Å². The quantitative estimate of drug-likeness (QED) is 0.651. The highest BCUT2D eigenvalue weighted by Gasteiger charge is 2.30. The van der Waals surface area contributed by atoms with Crippen LogP contribution in [-0.2, 0) is 16.0 Å². The zero-order valence-electron chi connectivity index (χ0n) is 18.5. The maximum Gasteiger partial charge on any atom is 0.328 e. The Morgan fingerprint density at radius 1 is 1.03 bits per heavy atom. The molecule has 0 bridgehead atoms. The fourth-order valence-electron chi connectivity index (χ4n) is 3.84. The predicted octanol–water partition coefficient (Wildman–Crippen LogP) is 3.54. The zero-order valence-corrected chi connectivity index (χ0v) is 19.3. The van der Waals surface area contributed by atoms with Gasteiger partial charge < -0.3 is 19.8 Å². The summed E-state index contributed by atoms with van der Waals surface area (Å²) in [6.07, 6.45) is 2.02. The Labute approximate surface area is 196 Å². The molecule has 0 saturated carbocycles. The van der Waals surface area contributed by atoms with Gasteiger partial charge in [0.05, 0.1) is 7.11 Å². The number of nitrogens with zero attached hydrogens (tertiary/aromatic N) is 2. The molecule has 33 heavy (non-hydrogen) atoms. The van der Waals surface area contributed by atoms with Gasteiger partial charge in [-0.25, -0.2) is 14.0 Å². The van der Waals surface area contributed by atoms with Gasteiger partial charge in [-0.2, -0.15) is 0 Å². The van der Waals surface area contributed by atoms with Gasteiger partial charge in [-0.15, -0.1) is 0 Å². The van der Waals surface area contributed by atoms with Crippen LogP contribution in [0.25, 0.3) is 0 Å². The summed E-state index contributed by atoms with van der Waals surface area (Å²) in [4.78, 5) is 26.3. The number of carbonyl (C=O) groups is 2. The van der Waals surface area contributed by atoms with Crippen molar-refractivity contribution in [3.05, 3.63) is 65.5 Å². The highest BCUT2D eigenvalue weighted by molar-refractivity contribution is 7.99. The molecule has 9 heteroatoms. The zero-order chi connectivity index (χ0) is 24.0. The summed E-state index contributed by atoms with van der Waals surface area (Å²) < 4.78 is 19.2. The monoisotopic (exact) mass is 474 g/mol. The summed E-state index contributed by atoms with van der Waals surface area (Å²) in [5, 5.41) is 15.6. The maximum absolute atomic E-state index is 13.8. The average molecular weight is 475 g/mol. The number of carboxylic acids is 2. The Kier molecular flexibility index (Phi) is 8.49. The lowest BCUT2D eigenvalue weighted by molar-refractivity contribution is -0.134. The Bertz CT molecular complexity index is 1020. The van der Waals surface area contributed by atoms with Crippen molar-refractivity contribution in [3.8, 4) is 5.75 Å². The minimum absolute atomic E-state index is 0.167. The number of benzene rings is 2. The molecule has 2 aromatic rings. The molecular formula is C24H27FN2O5S. The number of carboxylic acid groups (broad SMARTS) is 2. The molecule has 2 N–H and O–H groups in total. The molecule has 0 radical (unpaired) electrons. The van der Waals surface area contributed by atoms with Crippen LogP contribution < -0.4 is 4.74 Å². The third-order valence-electron chi connectivity index (χ3n) is 5.59. The molecule has 0 aliphatic carbocycles. The predicted molar refractivity (Wildman–Crippen MR) is 123 cm³/mol. The van der Waals surface area contributed by atoms with Gasteiger partial charge in [0.25, 0.3) is 0 Å². The van der Waals surface area contributed by atoms with E-state index in [1.807, 2.05) is 12.1 Å². The fraction of sp³-hybridized carbons (Fsp3) is 0.333. The molecule has 1 unspecified atom stereocenters. The Balaban J connectivity index is 0.000000331. The van der Waals surface area contributed by atoms with Crippen LogP contribution in [-0.4, -0.2) is 72.3 Å². The summed E-state index contributed by atoms with van der Waals surface area (Å²) >= 11 is 1.67. The van der Waals surface area contributed by atoms with E-state index < -0.39 is 11.9 Å². The lowest BCUT2D eigenvalue weighted by atomic mass is 9.96. The van der Waals surface area contributed by atoms with E-state index in [-0.39, 0.29) is 5.82 Å². The Morgan fingerprint density at radius 3 is 2.30 bits per heavy atom. The van der Waals surface area contributed by atoms with E-state index in [9.17, 15) is 14.0 Å². The van der Waals surface area contributed by atoms with Crippen LogP contribution in [0.4, 0.5) is 4.39 Å². The van der Waals surface area contributed by atoms with E-state index in [4.69, 9.17) is 14.9 Å². The van der Waals surface area contributed by atoms with Gasteiger partial charge in [-0.3, -0.25) is 4.90 Å². The SMILES string of the molecule is COc1ccc2c(c1)C(N1CCN(C)CC1)Cc1ccc(F)cc1S2.O=C(O)/C=C/C(=O)O. The molecule has 2 heterocycles. The number of rotatable bonds is 4. The van der Waals surface area contributed by atoms with Crippen LogP contribution in [0.1, 0.15) is 17.2 Å². The van der Waals surface area contributed by atoms with E-state index in [0.29, 0.717) is 18.2 Å². The molecule has 4 rings (SSSR count). The fourth-order valence-corrected chi connectivity index (χ4v) is 4.98. The van der Waals surface area contributed by atoms with E-state index in [0.717, 1.165) is 43.2 Å². The van der Waals surface area contributed by atoms with Gasteiger partial charge in [0, 0.05) is 54.2 Å². The standard InChI is InChI=1S/C20H23FN2OS.C4H4O4/c1-22-7-9-23(10-8-22)18-11-14-3-4-15(21)12-20(14)25-19-6-5-16(24-2)13-17(18)19;5-3(6)1-2-4(7)8/h3-6,12-13,18H,7-11H2,1-2H3;1-2H,(H,5,6)(H,7,8)/b;2-1+. The average Bonchev–Trinajstić information content (AvgIpc) is 2.94. The highest BCUT2D eigenvalue weighted by Crippen LogP contribution is 2.44. The van der Waals surface area contributed by atoms with Gasteiger partial charge in [-0.05, 0) is 54.9 Å². The van der Waals surface area contributed by atoms with Gasteiger partial charge >= 0.3 is 11.9 Å². The van der Waals surface area contributed by atoms with Crippen molar-refractivity contribution in [3.63, 3.8) is 0 Å². The molecule has 1 saturated heterocycles. The molecule has 1 fully saturated rings. The number of halogens is 1. The van der Waals surface area contributed by atoms with Crippen molar-refractivity contribution < 1.29 is 28.9 Å². The summed E-state index contributed by atoms with van der Waals surface area (Å²) in [6, 6.07) is 11.8. The van der Waals surface area contributed by atoms with Crippen molar-refractivity contribution in [1.29, 1.82) is 0 Å². The van der Waals surface area contributed by atoms with Crippen LogP contribution >= 0.6 is 11.8 Å². The minimum atomic E-state index is -1.26. The first kappa shape index (κ1) is 24.8. The molecule has 2 aliphatic heterocycles. The molecule has 0 amide bonds. The number of aliphatic carboxylic acids is 2. The highest BCUT2D eigenvalue weighted by atomic mass is 32.2. The van der Waals surface area contributed by atoms with Gasteiger partial charge in [0.15, 0.2) is 0 Å². The minimum Gasteiger partial charge on any atom is -0.497 e. The van der Waals surface area contributed by atoms with Gasteiger partial charge in [0.2, 0.25) is 0 Å². The molecular weight excluding hydrogens is 447 g/mol. The molecule has 176 valence electrons. The topological polar surface area (TPSA) is 90.3 Å². The van der Waals surface area contributed by atoms with Crippen LogP contribution in [0.15, 0.2) is 58.3 Å². The summed E-state index contributed by atoms with van der Waals surface area (Å²) in [6.45, 7) is 4.27. The van der Waals surface area contributed by atoms with Crippen molar-refractivity contribution in [2.24, 2.45) is 0 Å². The van der Waals surface area contributed by atoms with E-state index in [1.54, 1.807) is 31.0 Å². The summed E-state index contributed by atoms with van der Waals surface area (Å²) in [7, 11) is 3.88. The Hall–Kier alpha value is -2.88. The van der Waals surface area contributed by atoms with Crippen LogP contribution in [0, 0.1) is 5.82 Å². The normalized spacial score (nSPS) is 18.5. The smallest absolute Gasteiger partial charge is 0.328 e. The van der Waals surface area contributed by atoms with Crippen molar-refractivity contribution >= 4 is 23.7 Å². The van der Waals surface area contributed by atoms with Crippen LogP contribution in [0.3, 0.4) is 0 Å². The maximum atomic E-state index is 13.8. The number of methoxy groups -OCH3 is 1. The third-order valence-corrected chi connectivity index (χ3v) is 6.78. The van der Waals surface area contributed by atoms with Crippen molar-refractivity contribution in [2.75, 3.05) is 40.3 Å². The number of ether oxygens (including phenoxy) is 1. The van der Waals surface area contributed by atoms with Gasteiger partial charge in [-0.1, -0.05) is 17.8 Å². The van der Waals surface area contributed by atoms with E-state index in [2.05, 4.69) is 29.0 Å². The lowest BCUT2D eigenvalue weighted by Crippen LogP contribution is -2.46. The van der Waals surface area contributed by atoms with E-state index >= 15 is 0 Å². The van der Waals surface area contributed by atoms with Crippen molar-refractivity contribution in [1.82, 2.24) is 9.80 Å². The molecule has 7 nitrogen and oxygen atoms in total. The second kappa shape index (κ2) is 11.3. The van der Waals surface area contributed by atoms with Crippen LogP contribution in [0.5, 0.6) is 5.75 Å². The molecule has 1 atom stereocenters. The molecule has 0 aromatic heterocycles. The summed E-state index contributed by atoms with van der Waals surface area (Å²) in [5.41, 5.74) is 2.52. The summed E-state index contributed by atoms with van der Waals surface area (Å²) in [5.74, 6) is -1.80. The number of likely N-dealkylation sites (N-methyl/N-ethyl adjacent to an activating group) is 1. The first-order valence-corrected chi connectivity index (χ1v) is 11.3. The molecule has 2 aliphatic rings. The lowest BCUT2D eigenvalue weighted by Gasteiger charge is -2.38. The Morgan fingerprint density at radius 2 is 1.70 bits per heavy atom. The van der Waals surface area contributed by atoms with Crippen LogP contribution in [0.2, 0.25) is 0 Å². The number of hydrogen-bond acceptors (Lipinski definition) is 6. The van der Waals surface area contributed by atoms with Crippen molar-refractivity contribution in [2.45, 2.75) is 22.3 Å². The third kappa shape index (κ3) is 6.80. The largest absolute Gasteiger partial charge is 0.497 e. The molecule has 0 spiro atoms. The molecule has 2 aromatic carbocycles. The first-order valence-electron chi connectivity index (χ1n) is 10.5. The first-order chi connectivity index (χ1) is 15.8. The number of piperazine rings is 1.